The average molecular weight is 175 g/mol. The van der Waals surface area contributed by atoms with Crippen LogP contribution in [0.4, 0.5) is 0 Å². The number of carbonyl (C=O) groups excluding carboxylic acids is 1. The van der Waals surface area contributed by atoms with Crippen LogP contribution in [-0.4, -0.2) is 42.8 Å². The largest absolute Gasteiger partial charge is 0.302 e. The number of likely N-dealkylation sites (N-methyl/N-ethyl adjacent to an activating group) is 1. The van der Waals surface area contributed by atoms with Crippen LogP contribution < -0.4 is 0 Å². The molecule has 11 heavy (non-hydrogen) atoms. The van der Waals surface area contributed by atoms with Gasteiger partial charge in [-0.15, -0.1) is 0 Å². The summed E-state index contributed by atoms with van der Waals surface area (Å²) in [7, 11) is 1.99. The number of rotatable bonds is 6. The minimum atomic E-state index is 0.521. The molecule has 1 atom stereocenters. The first-order chi connectivity index (χ1) is 5.22. The van der Waals surface area contributed by atoms with Crippen LogP contribution >= 0.6 is 11.8 Å². The van der Waals surface area contributed by atoms with Crippen molar-refractivity contribution in [3.63, 3.8) is 0 Å². The van der Waals surface area contributed by atoms with Gasteiger partial charge in [0.05, 0.1) is 6.54 Å². The van der Waals surface area contributed by atoms with Crippen LogP contribution in [0.3, 0.4) is 0 Å². The minimum absolute atomic E-state index is 0.521. The van der Waals surface area contributed by atoms with E-state index in [4.69, 9.17) is 0 Å². The first kappa shape index (κ1) is 11.0. The maximum atomic E-state index is 10.1. The van der Waals surface area contributed by atoms with E-state index in [1.807, 2.05) is 18.8 Å². The number of hydrogen-bond acceptors (Lipinski definition) is 3. The second-order valence-corrected chi connectivity index (χ2v) is 3.72. The third-order valence-electron chi connectivity index (χ3n) is 1.85. The second kappa shape index (κ2) is 6.68. The summed E-state index contributed by atoms with van der Waals surface area (Å²) in [6.07, 6.45) is 4.22. The Bertz CT molecular complexity index is 108. The molecule has 0 aliphatic rings. The Hall–Kier alpha value is -0.0200. The van der Waals surface area contributed by atoms with Gasteiger partial charge in [0.2, 0.25) is 0 Å². The van der Waals surface area contributed by atoms with Crippen LogP contribution in [0.25, 0.3) is 0 Å². The van der Waals surface area contributed by atoms with Crippen molar-refractivity contribution >= 4 is 18.0 Å². The summed E-state index contributed by atoms with van der Waals surface area (Å²) in [5.41, 5.74) is 0. The predicted octanol–water partition coefficient (Wildman–Crippen LogP) is 1.26. The molecular weight excluding hydrogens is 158 g/mol. The van der Waals surface area contributed by atoms with E-state index in [1.54, 1.807) is 0 Å². The molecule has 0 aromatic heterocycles. The molecule has 66 valence electrons. The van der Waals surface area contributed by atoms with Gasteiger partial charge in [-0.3, -0.25) is 4.90 Å². The fraction of sp³-hybridized carbons (Fsp3) is 0.875. The fourth-order valence-corrected chi connectivity index (χ4v) is 1.38. The molecule has 0 saturated carbocycles. The van der Waals surface area contributed by atoms with Gasteiger partial charge in [-0.25, -0.2) is 0 Å². The maximum absolute atomic E-state index is 10.1. The zero-order valence-corrected chi connectivity index (χ0v) is 8.36. The molecule has 2 nitrogen and oxygen atoms in total. The van der Waals surface area contributed by atoms with E-state index >= 15 is 0 Å². The lowest BCUT2D eigenvalue weighted by Crippen LogP contribution is -2.31. The molecule has 0 amide bonds. The predicted molar refractivity (Wildman–Crippen MR) is 51.2 cm³/mol. The highest BCUT2D eigenvalue weighted by atomic mass is 32.2. The molecule has 3 heteroatoms. The van der Waals surface area contributed by atoms with Gasteiger partial charge in [0.25, 0.3) is 0 Å². The molecule has 0 bridgehead atoms. The summed E-state index contributed by atoms with van der Waals surface area (Å²) < 4.78 is 0. The Morgan fingerprint density at radius 2 is 2.27 bits per heavy atom. The first-order valence-electron chi connectivity index (χ1n) is 3.85. The molecule has 0 radical (unpaired) electrons. The van der Waals surface area contributed by atoms with E-state index in [0.29, 0.717) is 12.6 Å². The van der Waals surface area contributed by atoms with Crippen molar-refractivity contribution in [1.82, 2.24) is 4.90 Å². The number of aldehydes is 1. The maximum Gasteiger partial charge on any atom is 0.133 e. The molecule has 0 saturated heterocycles. The molecule has 0 aliphatic heterocycles. The van der Waals surface area contributed by atoms with Gasteiger partial charge < -0.3 is 4.79 Å². The van der Waals surface area contributed by atoms with Gasteiger partial charge in [-0.1, -0.05) is 0 Å². The van der Waals surface area contributed by atoms with Gasteiger partial charge in [-0.05, 0) is 32.4 Å². The summed E-state index contributed by atoms with van der Waals surface area (Å²) in [4.78, 5) is 12.2. The van der Waals surface area contributed by atoms with Crippen LogP contribution in [0, 0.1) is 0 Å². The van der Waals surface area contributed by atoms with Crippen molar-refractivity contribution in [3.05, 3.63) is 0 Å². The zero-order chi connectivity index (χ0) is 8.69. The average Bonchev–Trinajstić information content (AvgIpc) is 2.00. The zero-order valence-electron chi connectivity index (χ0n) is 7.54. The first-order valence-corrected chi connectivity index (χ1v) is 5.24. The molecular formula is C8H17NOS. The van der Waals surface area contributed by atoms with Gasteiger partial charge in [0, 0.05) is 6.04 Å². The highest BCUT2D eigenvalue weighted by Gasteiger charge is 2.06. The van der Waals surface area contributed by atoms with Crippen LogP contribution in [0.2, 0.25) is 0 Å². The Morgan fingerprint density at radius 3 is 2.73 bits per heavy atom. The summed E-state index contributed by atoms with van der Waals surface area (Å²) >= 11 is 1.85. The number of hydrogen-bond donors (Lipinski definition) is 0. The molecule has 0 heterocycles. The Morgan fingerprint density at radius 1 is 1.64 bits per heavy atom. The van der Waals surface area contributed by atoms with E-state index in [2.05, 4.69) is 18.1 Å². The second-order valence-electron chi connectivity index (χ2n) is 2.74. The van der Waals surface area contributed by atoms with Crippen molar-refractivity contribution in [3.8, 4) is 0 Å². The van der Waals surface area contributed by atoms with Gasteiger partial charge in [0.15, 0.2) is 0 Å². The van der Waals surface area contributed by atoms with Gasteiger partial charge in [0.1, 0.15) is 6.29 Å². The van der Waals surface area contributed by atoms with E-state index in [1.165, 1.54) is 5.75 Å². The SMILES string of the molecule is CSCCC(C)N(C)CC=O. The molecule has 0 aromatic rings. The lowest BCUT2D eigenvalue weighted by atomic mass is 10.2. The van der Waals surface area contributed by atoms with Gasteiger partial charge >= 0.3 is 0 Å². The number of nitrogens with zero attached hydrogens (tertiary/aromatic N) is 1. The highest BCUT2D eigenvalue weighted by molar-refractivity contribution is 7.98. The summed E-state index contributed by atoms with van der Waals surface area (Å²) in [6, 6.07) is 0.521. The molecule has 0 rings (SSSR count). The van der Waals surface area contributed by atoms with Gasteiger partial charge in [-0.2, -0.15) is 11.8 Å². The summed E-state index contributed by atoms with van der Waals surface area (Å²) in [5, 5.41) is 0. The highest BCUT2D eigenvalue weighted by Crippen LogP contribution is 2.04. The molecule has 0 spiro atoms. The van der Waals surface area contributed by atoms with E-state index in [-0.39, 0.29) is 0 Å². The Kier molecular flexibility index (Phi) is 6.66. The van der Waals surface area contributed by atoms with Crippen molar-refractivity contribution in [2.45, 2.75) is 19.4 Å². The lowest BCUT2D eigenvalue weighted by molar-refractivity contribution is -0.109. The molecule has 0 fully saturated rings. The third kappa shape index (κ3) is 5.27. The standard InChI is InChI=1S/C8H17NOS/c1-8(4-7-11-3)9(2)5-6-10/h6,8H,4-5,7H2,1-3H3. The minimum Gasteiger partial charge on any atom is -0.302 e. The molecule has 0 N–H and O–H groups in total. The summed E-state index contributed by atoms with van der Waals surface area (Å²) in [6.45, 7) is 2.70. The fourth-order valence-electron chi connectivity index (χ4n) is 0.806. The third-order valence-corrected chi connectivity index (χ3v) is 2.50. The summed E-state index contributed by atoms with van der Waals surface area (Å²) in [5.74, 6) is 1.17. The van der Waals surface area contributed by atoms with Crippen molar-refractivity contribution in [2.24, 2.45) is 0 Å². The topological polar surface area (TPSA) is 20.3 Å². The number of thioether (sulfide) groups is 1. The van der Waals surface area contributed by atoms with Crippen molar-refractivity contribution in [1.29, 1.82) is 0 Å². The number of carbonyl (C=O) groups is 1. The van der Waals surface area contributed by atoms with Crippen LogP contribution in [0.1, 0.15) is 13.3 Å². The van der Waals surface area contributed by atoms with Crippen LogP contribution in [0.5, 0.6) is 0 Å². The molecule has 0 aromatic carbocycles. The molecule has 0 aliphatic carbocycles. The normalized spacial score (nSPS) is 13.5. The van der Waals surface area contributed by atoms with Crippen LogP contribution in [-0.2, 0) is 4.79 Å². The van der Waals surface area contributed by atoms with Crippen molar-refractivity contribution < 1.29 is 4.79 Å². The van der Waals surface area contributed by atoms with E-state index in [9.17, 15) is 4.79 Å². The van der Waals surface area contributed by atoms with E-state index in [0.717, 1.165) is 12.7 Å². The Labute approximate surface area is 73.3 Å². The molecule has 1 unspecified atom stereocenters. The smallest absolute Gasteiger partial charge is 0.133 e. The lowest BCUT2D eigenvalue weighted by Gasteiger charge is -2.21. The van der Waals surface area contributed by atoms with Crippen molar-refractivity contribution in [2.75, 3.05) is 25.6 Å². The van der Waals surface area contributed by atoms with Crippen LogP contribution in [0.15, 0.2) is 0 Å². The Balaban J connectivity index is 3.45. The monoisotopic (exact) mass is 175 g/mol. The van der Waals surface area contributed by atoms with E-state index < -0.39 is 0 Å². The quantitative estimate of drug-likeness (QED) is 0.567.